The largest absolute Gasteiger partial charge is 0.340 e. The Morgan fingerprint density at radius 3 is 2.44 bits per heavy atom. The summed E-state index contributed by atoms with van der Waals surface area (Å²) in [5, 5.41) is 4.29. The monoisotopic (exact) mass is 367 g/mol. The first kappa shape index (κ1) is 18.7. The number of hydrogen-bond acceptors (Lipinski definition) is 4. The molecule has 0 aliphatic heterocycles. The molecule has 2 heterocycles. The molecular formula is C20H22FN5O. The number of carbonyl (C=O) groups excluding carboxylic acids is 1. The minimum absolute atomic E-state index is 0.0288. The fraction of sp³-hybridized carbons (Fsp3) is 0.250. The van der Waals surface area contributed by atoms with Gasteiger partial charge in [-0.25, -0.2) is 9.07 Å². The molecule has 0 aliphatic rings. The molecule has 0 N–H and O–H groups in total. The van der Waals surface area contributed by atoms with E-state index in [4.69, 9.17) is 0 Å². The summed E-state index contributed by atoms with van der Waals surface area (Å²) in [6.45, 7) is 1.47. The van der Waals surface area contributed by atoms with Gasteiger partial charge in [-0.05, 0) is 49.0 Å². The van der Waals surface area contributed by atoms with E-state index in [-0.39, 0.29) is 11.7 Å². The number of halogens is 1. The average Bonchev–Trinajstić information content (AvgIpc) is 3.11. The van der Waals surface area contributed by atoms with Crippen molar-refractivity contribution in [2.75, 3.05) is 20.6 Å². The van der Waals surface area contributed by atoms with Crippen LogP contribution in [0.15, 0.2) is 61.2 Å². The van der Waals surface area contributed by atoms with E-state index < -0.39 is 0 Å². The Morgan fingerprint density at radius 1 is 1.04 bits per heavy atom. The Hall–Kier alpha value is -3.06. The van der Waals surface area contributed by atoms with Crippen molar-refractivity contribution in [3.05, 3.63) is 78.1 Å². The third kappa shape index (κ3) is 5.21. The SMILES string of the molecule is CN(CC(=O)N(C)Cc1cnn(-c2ccc(F)cc2)c1)Cc1ccncc1. The maximum Gasteiger partial charge on any atom is 0.236 e. The van der Waals surface area contributed by atoms with E-state index in [1.807, 2.05) is 30.3 Å². The minimum atomic E-state index is -0.285. The maximum atomic E-state index is 13.0. The van der Waals surface area contributed by atoms with Gasteiger partial charge in [0.05, 0.1) is 18.4 Å². The van der Waals surface area contributed by atoms with Crippen molar-refractivity contribution in [2.24, 2.45) is 0 Å². The van der Waals surface area contributed by atoms with E-state index in [0.29, 0.717) is 19.6 Å². The number of benzene rings is 1. The molecule has 0 saturated carbocycles. The highest BCUT2D eigenvalue weighted by molar-refractivity contribution is 5.77. The minimum Gasteiger partial charge on any atom is -0.340 e. The first-order chi connectivity index (χ1) is 13.0. The van der Waals surface area contributed by atoms with E-state index in [0.717, 1.165) is 16.8 Å². The van der Waals surface area contributed by atoms with Gasteiger partial charge in [0, 0.05) is 44.3 Å². The molecular weight excluding hydrogens is 345 g/mol. The van der Waals surface area contributed by atoms with Crippen LogP contribution < -0.4 is 0 Å². The second-order valence-electron chi connectivity index (χ2n) is 6.55. The fourth-order valence-corrected chi connectivity index (χ4v) is 2.75. The highest BCUT2D eigenvalue weighted by atomic mass is 19.1. The van der Waals surface area contributed by atoms with Gasteiger partial charge in [0.1, 0.15) is 5.82 Å². The van der Waals surface area contributed by atoms with Crippen LogP contribution in [0.2, 0.25) is 0 Å². The topological polar surface area (TPSA) is 54.3 Å². The zero-order valence-corrected chi connectivity index (χ0v) is 15.4. The van der Waals surface area contributed by atoms with Gasteiger partial charge in [0.2, 0.25) is 5.91 Å². The van der Waals surface area contributed by atoms with Crippen LogP contribution in [0.5, 0.6) is 0 Å². The predicted molar refractivity (Wildman–Crippen MR) is 101 cm³/mol. The molecule has 0 radical (unpaired) electrons. The molecule has 0 unspecified atom stereocenters. The second kappa shape index (κ2) is 8.55. The zero-order chi connectivity index (χ0) is 19.2. The Balaban J connectivity index is 1.54. The van der Waals surface area contributed by atoms with Crippen LogP contribution in [-0.2, 0) is 17.9 Å². The van der Waals surface area contributed by atoms with E-state index >= 15 is 0 Å². The molecule has 0 saturated heterocycles. The Morgan fingerprint density at radius 2 is 1.74 bits per heavy atom. The lowest BCUT2D eigenvalue weighted by atomic mass is 10.2. The molecule has 3 rings (SSSR count). The molecule has 140 valence electrons. The molecule has 0 fully saturated rings. The van der Waals surface area contributed by atoms with Crippen molar-refractivity contribution >= 4 is 5.91 Å². The third-order valence-corrected chi connectivity index (χ3v) is 4.18. The zero-order valence-electron chi connectivity index (χ0n) is 15.4. The first-order valence-electron chi connectivity index (χ1n) is 8.62. The van der Waals surface area contributed by atoms with Crippen LogP contribution in [0, 0.1) is 5.82 Å². The Labute approximate surface area is 157 Å². The summed E-state index contributed by atoms with van der Waals surface area (Å²) < 4.78 is 14.7. The summed E-state index contributed by atoms with van der Waals surface area (Å²) >= 11 is 0. The van der Waals surface area contributed by atoms with Crippen molar-refractivity contribution in [3.63, 3.8) is 0 Å². The molecule has 3 aromatic rings. The van der Waals surface area contributed by atoms with Gasteiger partial charge in [0.25, 0.3) is 0 Å². The smallest absolute Gasteiger partial charge is 0.236 e. The summed E-state index contributed by atoms with van der Waals surface area (Å²) in [7, 11) is 3.69. The van der Waals surface area contributed by atoms with Gasteiger partial charge in [-0.1, -0.05) is 0 Å². The molecule has 6 nitrogen and oxygen atoms in total. The standard InChI is InChI=1S/C20H22FN5O/c1-24(12-16-7-9-22-10-8-16)15-20(27)25(2)13-17-11-23-26(14-17)19-5-3-18(21)4-6-19/h3-11,14H,12-13,15H2,1-2H3. The van der Waals surface area contributed by atoms with Crippen molar-refractivity contribution < 1.29 is 9.18 Å². The molecule has 1 aromatic carbocycles. The lowest BCUT2D eigenvalue weighted by Gasteiger charge is -2.21. The van der Waals surface area contributed by atoms with Crippen molar-refractivity contribution in [1.29, 1.82) is 0 Å². The molecule has 0 bridgehead atoms. The number of aromatic nitrogens is 3. The highest BCUT2D eigenvalue weighted by Crippen LogP contribution is 2.11. The molecule has 7 heteroatoms. The Bertz CT molecular complexity index is 879. The molecule has 27 heavy (non-hydrogen) atoms. The van der Waals surface area contributed by atoms with Crippen LogP contribution in [0.4, 0.5) is 4.39 Å². The number of nitrogens with zero attached hydrogens (tertiary/aromatic N) is 5. The van der Waals surface area contributed by atoms with Crippen molar-refractivity contribution in [1.82, 2.24) is 24.6 Å². The van der Waals surface area contributed by atoms with E-state index in [9.17, 15) is 9.18 Å². The lowest BCUT2D eigenvalue weighted by molar-refractivity contribution is -0.131. The van der Waals surface area contributed by atoms with Gasteiger partial charge in [-0.2, -0.15) is 5.10 Å². The number of pyridine rings is 1. The lowest BCUT2D eigenvalue weighted by Crippen LogP contribution is -2.35. The molecule has 0 spiro atoms. The number of amides is 1. The summed E-state index contributed by atoms with van der Waals surface area (Å²) in [6, 6.07) is 9.99. The maximum absolute atomic E-state index is 13.0. The fourth-order valence-electron chi connectivity index (χ4n) is 2.75. The third-order valence-electron chi connectivity index (χ3n) is 4.18. The van der Waals surface area contributed by atoms with E-state index in [2.05, 4.69) is 10.1 Å². The summed E-state index contributed by atoms with van der Waals surface area (Å²) in [5.74, 6) is -0.256. The molecule has 0 atom stereocenters. The predicted octanol–water partition coefficient (Wildman–Crippen LogP) is 2.50. The number of hydrogen-bond donors (Lipinski definition) is 0. The summed E-state index contributed by atoms with van der Waals surface area (Å²) in [5.41, 5.74) is 2.80. The van der Waals surface area contributed by atoms with E-state index in [1.54, 1.807) is 47.4 Å². The highest BCUT2D eigenvalue weighted by Gasteiger charge is 2.13. The summed E-state index contributed by atoms with van der Waals surface area (Å²) in [4.78, 5) is 20.1. The van der Waals surface area contributed by atoms with Gasteiger partial charge in [-0.3, -0.25) is 14.7 Å². The molecule has 0 aliphatic carbocycles. The second-order valence-corrected chi connectivity index (χ2v) is 6.55. The molecule has 1 amide bonds. The van der Waals surface area contributed by atoms with Gasteiger partial charge < -0.3 is 4.90 Å². The van der Waals surface area contributed by atoms with Gasteiger partial charge >= 0.3 is 0 Å². The first-order valence-corrected chi connectivity index (χ1v) is 8.62. The normalized spacial score (nSPS) is 11.0. The number of rotatable bonds is 7. The quantitative estimate of drug-likeness (QED) is 0.644. The van der Waals surface area contributed by atoms with Gasteiger partial charge in [0.15, 0.2) is 0 Å². The van der Waals surface area contributed by atoms with E-state index in [1.165, 1.54) is 12.1 Å². The van der Waals surface area contributed by atoms with Crippen LogP contribution in [-0.4, -0.2) is 51.1 Å². The van der Waals surface area contributed by atoms with Crippen molar-refractivity contribution in [3.8, 4) is 5.69 Å². The van der Waals surface area contributed by atoms with Gasteiger partial charge in [-0.15, -0.1) is 0 Å². The summed E-state index contributed by atoms with van der Waals surface area (Å²) in [6.07, 6.45) is 7.05. The van der Waals surface area contributed by atoms with Crippen LogP contribution >= 0.6 is 0 Å². The van der Waals surface area contributed by atoms with Crippen LogP contribution in [0.3, 0.4) is 0 Å². The number of likely N-dealkylation sites (N-methyl/N-ethyl adjacent to an activating group) is 2. The average molecular weight is 367 g/mol. The number of carbonyl (C=O) groups is 1. The van der Waals surface area contributed by atoms with Crippen LogP contribution in [0.25, 0.3) is 5.69 Å². The Kier molecular flexibility index (Phi) is 5.93. The van der Waals surface area contributed by atoms with Crippen LogP contribution in [0.1, 0.15) is 11.1 Å². The van der Waals surface area contributed by atoms with Crippen molar-refractivity contribution in [2.45, 2.75) is 13.1 Å². The molecule has 2 aromatic heterocycles.